The van der Waals surface area contributed by atoms with Gasteiger partial charge >= 0.3 is 0 Å². The summed E-state index contributed by atoms with van der Waals surface area (Å²) in [5.74, 6) is 0.0481. The number of hydrogen-bond donors (Lipinski definition) is 1. The summed E-state index contributed by atoms with van der Waals surface area (Å²) in [6.45, 7) is 0. The van der Waals surface area contributed by atoms with E-state index in [9.17, 15) is 14.5 Å². The van der Waals surface area contributed by atoms with Gasteiger partial charge < -0.3 is 5.32 Å². The minimum absolute atomic E-state index is 0.0843. The first-order valence-corrected chi connectivity index (χ1v) is 8.09. The second-order valence-corrected chi connectivity index (χ2v) is 6.58. The van der Waals surface area contributed by atoms with Gasteiger partial charge in [-0.05, 0) is 47.7 Å². The van der Waals surface area contributed by atoms with E-state index in [4.69, 9.17) is 11.6 Å². The van der Waals surface area contributed by atoms with Crippen molar-refractivity contribution in [2.24, 2.45) is 5.92 Å². The SMILES string of the molecule is O=[N+]([O-])c1cc([C@@H]2Nc3ccc(F)cc3[C@@H]3C=CC[C@H]32)ccc1Cl. The van der Waals surface area contributed by atoms with Crippen LogP contribution in [0, 0.1) is 21.8 Å². The van der Waals surface area contributed by atoms with Crippen LogP contribution in [-0.4, -0.2) is 4.92 Å². The Bertz CT molecular complexity index is 868. The van der Waals surface area contributed by atoms with Crippen LogP contribution in [0.15, 0.2) is 48.6 Å². The first-order chi connectivity index (χ1) is 11.5. The van der Waals surface area contributed by atoms with E-state index in [1.54, 1.807) is 18.2 Å². The lowest BCUT2D eigenvalue weighted by atomic mass is 9.77. The number of anilines is 1. The van der Waals surface area contributed by atoms with Crippen LogP contribution in [-0.2, 0) is 0 Å². The van der Waals surface area contributed by atoms with Crippen molar-refractivity contribution in [3.8, 4) is 0 Å². The maximum Gasteiger partial charge on any atom is 0.288 e. The van der Waals surface area contributed by atoms with Gasteiger partial charge in [0.1, 0.15) is 10.8 Å². The lowest BCUT2D eigenvalue weighted by Gasteiger charge is -2.37. The maximum absolute atomic E-state index is 13.6. The molecule has 4 rings (SSSR count). The fourth-order valence-corrected chi connectivity index (χ4v) is 3.94. The first kappa shape index (κ1) is 15.1. The second kappa shape index (κ2) is 5.60. The van der Waals surface area contributed by atoms with E-state index in [2.05, 4.69) is 17.5 Å². The lowest BCUT2D eigenvalue weighted by Crippen LogP contribution is -2.29. The second-order valence-electron chi connectivity index (χ2n) is 6.18. The largest absolute Gasteiger partial charge is 0.378 e. The van der Waals surface area contributed by atoms with Crippen LogP contribution in [0.2, 0.25) is 5.02 Å². The average Bonchev–Trinajstić information content (AvgIpc) is 3.04. The highest BCUT2D eigenvalue weighted by Gasteiger charge is 2.38. The highest BCUT2D eigenvalue weighted by Crippen LogP contribution is 2.50. The zero-order valence-electron chi connectivity index (χ0n) is 12.6. The number of nitro benzene ring substituents is 1. The Morgan fingerprint density at radius 1 is 1.25 bits per heavy atom. The third-order valence-electron chi connectivity index (χ3n) is 4.85. The van der Waals surface area contributed by atoms with Crippen molar-refractivity contribution in [1.29, 1.82) is 0 Å². The van der Waals surface area contributed by atoms with Crippen LogP contribution in [0.25, 0.3) is 0 Å². The molecule has 2 aliphatic rings. The van der Waals surface area contributed by atoms with E-state index < -0.39 is 4.92 Å². The monoisotopic (exact) mass is 344 g/mol. The highest BCUT2D eigenvalue weighted by molar-refractivity contribution is 6.32. The number of benzene rings is 2. The van der Waals surface area contributed by atoms with Gasteiger partial charge in [-0.1, -0.05) is 29.8 Å². The number of nitrogens with zero attached hydrogens (tertiary/aromatic N) is 1. The van der Waals surface area contributed by atoms with Gasteiger partial charge in [0.25, 0.3) is 5.69 Å². The van der Waals surface area contributed by atoms with Crippen molar-refractivity contribution in [1.82, 2.24) is 0 Å². The fraction of sp³-hybridized carbons (Fsp3) is 0.222. The molecule has 24 heavy (non-hydrogen) atoms. The standard InChI is InChI=1S/C18H14ClFN2O2/c19-15-6-4-10(8-17(15)22(23)24)18-13-3-1-2-12(13)14-9-11(20)5-7-16(14)21-18/h1-2,4-9,12-13,18,21H,3H2/t12-,13-,18+/m1/s1. The van der Waals surface area contributed by atoms with Crippen LogP contribution in [0.1, 0.15) is 29.5 Å². The molecule has 1 aliphatic carbocycles. The quantitative estimate of drug-likeness (QED) is 0.462. The molecule has 122 valence electrons. The smallest absolute Gasteiger partial charge is 0.288 e. The maximum atomic E-state index is 13.6. The molecule has 0 saturated heterocycles. The summed E-state index contributed by atoms with van der Waals surface area (Å²) in [6.07, 6.45) is 5.03. The Morgan fingerprint density at radius 3 is 2.88 bits per heavy atom. The molecule has 0 radical (unpaired) electrons. The van der Waals surface area contributed by atoms with Gasteiger partial charge in [-0.15, -0.1) is 0 Å². The van der Waals surface area contributed by atoms with Crippen LogP contribution in [0.4, 0.5) is 15.8 Å². The Kier molecular flexibility index (Phi) is 3.53. The molecule has 0 bridgehead atoms. The number of halogens is 2. The summed E-state index contributed by atoms with van der Waals surface area (Å²) in [4.78, 5) is 10.7. The van der Waals surface area contributed by atoms with Gasteiger partial charge in [-0.25, -0.2) is 4.39 Å². The molecule has 2 aromatic rings. The summed E-state index contributed by atoms with van der Waals surface area (Å²) in [6, 6.07) is 9.54. The first-order valence-electron chi connectivity index (χ1n) is 7.71. The lowest BCUT2D eigenvalue weighted by molar-refractivity contribution is -0.384. The predicted molar refractivity (Wildman–Crippen MR) is 90.9 cm³/mol. The number of fused-ring (bicyclic) bond motifs is 3. The van der Waals surface area contributed by atoms with E-state index in [1.807, 2.05) is 6.07 Å². The summed E-state index contributed by atoms with van der Waals surface area (Å²) in [5.41, 5.74) is 2.53. The molecule has 0 saturated carbocycles. The average molecular weight is 345 g/mol. The molecule has 0 unspecified atom stereocenters. The van der Waals surface area contributed by atoms with E-state index in [-0.39, 0.29) is 34.4 Å². The van der Waals surface area contributed by atoms with Gasteiger partial charge in [0.05, 0.1) is 11.0 Å². The van der Waals surface area contributed by atoms with E-state index in [0.29, 0.717) is 0 Å². The molecule has 4 nitrogen and oxygen atoms in total. The zero-order chi connectivity index (χ0) is 16.8. The molecule has 0 aromatic heterocycles. The van der Waals surface area contributed by atoms with Crippen LogP contribution < -0.4 is 5.32 Å². The molecule has 3 atom stereocenters. The van der Waals surface area contributed by atoms with Crippen molar-refractivity contribution in [2.75, 3.05) is 5.32 Å². The number of rotatable bonds is 2. The van der Waals surface area contributed by atoms with Gasteiger partial charge in [0, 0.05) is 17.7 Å². The number of nitro groups is 1. The number of allylic oxidation sites excluding steroid dienone is 2. The Hall–Kier alpha value is -2.40. The molecular weight excluding hydrogens is 331 g/mol. The van der Waals surface area contributed by atoms with Crippen molar-refractivity contribution < 1.29 is 9.31 Å². The summed E-state index contributed by atoms with van der Waals surface area (Å²) in [5, 5.41) is 14.7. The van der Waals surface area contributed by atoms with Gasteiger partial charge in [0.2, 0.25) is 0 Å². The predicted octanol–water partition coefficient (Wildman–Crippen LogP) is 5.21. The van der Waals surface area contributed by atoms with Gasteiger partial charge in [-0.3, -0.25) is 10.1 Å². The van der Waals surface area contributed by atoms with Gasteiger partial charge in [0.15, 0.2) is 0 Å². The van der Waals surface area contributed by atoms with E-state index >= 15 is 0 Å². The Labute approximate surface area is 143 Å². The third kappa shape index (κ3) is 2.36. The summed E-state index contributed by atoms with van der Waals surface area (Å²) in [7, 11) is 0. The van der Waals surface area contributed by atoms with Crippen LogP contribution >= 0.6 is 11.6 Å². The topological polar surface area (TPSA) is 55.2 Å². The zero-order valence-corrected chi connectivity index (χ0v) is 13.3. The summed E-state index contributed by atoms with van der Waals surface area (Å²) < 4.78 is 13.6. The molecule has 0 spiro atoms. The van der Waals surface area contributed by atoms with Crippen molar-refractivity contribution in [3.63, 3.8) is 0 Å². The van der Waals surface area contributed by atoms with Crippen LogP contribution in [0.5, 0.6) is 0 Å². The number of hydrogen-bond acceptors (Lipinski definition) is 3. The fourth-order valence-electron chi connectivity index (χ4n) is 3.76. The molecule has 1 N–H and O–H groups in total. The summed E-state index contributed by atoms with van der Waals surface area (Å²) >= 11 is 5.92. The van der Waals surface area contributed by atoms with Crippen molar-refractivity contribution in [3.05, 3.63) is 80.6 Å². The minimum atomic E-state index is -0.470. The Balaban J connectivity index is 1.79. The molecular formula is C18H14ClFN2O2. The molecule has 0 amide bonds. The Morgan fingerprint density at radius 2 is 2.08 bits per heavy atom. The minimum Gasteiger partial charge on any atom is -0.378 e. The van der Waals surface area contributed by atoms with Crippen molar-refractivity contribution in [2.45, 2.75) is 18.4 Å². The normalized spacial score (nSPS) is 24.2. The molecule has 6 heteroatoms. The molecule has 1 aliphatic heterocycles. The highest BCUT2D eigenvalue weighted by atomic mass is 35.5. The number of nitrogens with one attached hydrogen (secondary N) is 1. The van der Waals surface area contributed by atoms with Gasteiger partial charge in [-0.2, -0.15) is 0 Å². The van der Waals surface area contributed by atoms with Crippen LogP contribution in [0.3, 0.4) is 0 Å². The van der Waals surface area contributed by atoms with E-state index in [1.165, 1.54) is 12.1 Å². The molecule has 2 aromatic carbocycles. The van der Waals surface area contributed by atoms with Crippen molar-refractivity contribution >= 4 is 23.0 Å². The third-order valence-corrected chi connectivity index (χ3v) is 5.17. The molecule has 0 fully saturated rings. The van der Waals surface area contributed by atoms with E-state index in [0.717, 1.165) is 23.2 Å². The molecule has 1 heterocycles.